The lowest BCUT2D eigenvalue weighted by Crippen LogP contribution is -2.51. The molecule has 0 saturated carbocycles. The molecule has 5 nitrogen and oxygen atoms in total. The summed E-state index contributed by atoms with van der Waals surface area (Å²) in [5, 5.41) is 9.91. The molecule has 0 aliphatic carbocycles. The second-order valence-electron chi connectivity index (χ2n) is 4.06. The summed E-state index contributed by atoms with van der Waals surface area (Å²) in [6.07, 6.45) is 1.52. The zero-order valence-corrected chi connectivity index (χ0v) is 11.2. The Bertz CT molecular complexity index is 437. The molecule has 0 unspecified atom stereocenters. The van der Waals surface area contributed by atoms with E-state index in [1.165, 1.54) is 6.20 Å². The van der Waals surface area contributed by atoms with Crippen LogP contribution in [-0.2, 0) is 4.79 Å². The van der Waals surface area contributed by atoms with E-state index >= 15 is 0 Å². The highest BCUT2D eigenvalue weighted by Crippen LogP contribution is 2.21. The van der Waals surface area contributed by atoms with Gasteiger partial charge in [-0.05, 0) is 6.07 Å². The SMILES string of the molecule is O=C(NCCNc1ncc(Cl)cc1Cl)C1CNC1. The first kappa shape index (κ1) is 13.4. The highest BCUT2D eigenvalue weighted by Gasteiger charge is 2.23. The van der Waals surface area contributed by atoms with Crippen LogP contribution in [0.25, 0.3) is 0 Å². The van der Waals surface area contributed by atoms with Gasteiger partial charge >= 0.3 is 0 Å². The van der Waals surface area contributed by atoms with Crippen molar-refractivity contribution in [3.05, 3.63) is 22.3 Å². The quantitative estimate of drug-likeness (QED) is 0.711. The van der Waals surface area contributed by atoms with Crippen LogP contribution in [0.5, 0.6) is 0 Å². The van der Waals surface area contributed by atoms with Gasteiger partial charge in [0, 0.05) is 32.4 Å². The summed E-state index contributed by atoms with van der Waals surface area (Å²) >= 11 is 11.7. The van der Waals surface area contributed by atoms with Crippen LogP contribution in [0.15, 0.2) is 12.3 Å². The third kappa shape index (κ3) is 3.48. The van der Waals surface area contributed by atoms with Crippen LogP contribution in [0.1, 0.15) is 0 Å². The lowest BCUT2D eigenvalue weighted by molar-refractivity contribution is -0.126. The van der Waals surface area contributed by atoms with Gasteiger partial charge in [-0.2, -0.15) is 0 Å². The second-order valence-corrected chi connectivity index (χ2v) is 4.90. The molecule has 1 aliphatic heterocycles. The molecule has 0 spiro atoms. The van der Waals surface area contributed by atoms with E-state index in [4.69, 9.17) is 23.2 Å². The Kier molecular flexibility index (Phi) is 4.63. The number of carbonyl (C=O) groups is 1. The lowest BCUT2D eigenvalue weighted by Gasteiger charge is -2.25. The predicted molar refractivity (Wildman–Crippen MR) is 72.1 cm³/mol. The number of hydrogen-bond acceptors (Lipinski definition) is 4. The van der Waals surface area contributed by atoms with Gasteiger partial charge in [-0.1, -0.05) is 23.2 Å². The maximum absolute atomic E-state index is 11.5. The maximum Gasteiger partial charge on any atom is 0.225 e. The van der Waals surface area contributed by atoms with Crippen LogP contribution in [0.2, 0.25) is 10.0 Å². The van der Waals surface area contributed by atoms with Crippen LogP contribution >= 0.6 is 23.2 Å². The van der Waals surface area contributed by atoms with E-state index in [9.17, 15) is 4.79 Å². The fourth-order valence-electron chi connectivity index (χ4n) is 1.53. The van der Waals surface area contributed by atoms with Crippen molar-refractivity contribution in [2.24, 2.45) is 5.92 Å². The molecule has 1 aliphatic rings. The third-order valence-electron chi connectivity index (χ3n) is 2.68. The average molecular weight is 289 g/mol. The van der Waals surface area contributed by atoms with Gasteiger partial charge in [0.25, 0.3) is 0 Å². The largest absolute Gasteiger partial charge is 0.367 e. The van der Waals surface area contributed by atoms with Crippen molar-refractivity contribution in [1.29, 1.82) is 0 Å². The zero-order valence-electron chi connectivity index (χ0n) is 9.67. The summed E-state index contributed by atoms with van der Waals surface area (Å²) in [6, 6.07) is 1.62. The van der Waals surface area contributed by atoms with Crippen LogP contribution in [0.3, 0.4) is 0 Å². The summed E-state index contributed by atoms with van der Waals surface area (Å²) < 4.78 is 0. The third-order valence-corrected chi connectivity index (χ3v) is 3.17. The molecular formula is C11H14Cl2N4O. The molecule has 1 aromatic rings. The van der Waals surface area contributed by atoms with Crippen LogP contribution in [0, 0.1) is 5.92 Å². The van der Waals surface area contributed by atoms with E-state index in [0.717, 1.165) is 13.1 Å². The van der Waals surface area contributed by atoms with Crippen molar-refractivity contribution in [1.82, 2.24) is 15.6 Å². The minimum absolute atomic E-state index is 0.0886. The highest BCUT2D eigenvalue weighted by molar-refractivity contribution is 6.35. The topological polar surface area (TPSA) is 66.0 Å². The molecule has 0 bridgehead atoms. The summed E-state index contributed by atoms with van der Waals surface area (Å²) in [4.78, 5) is 15.6. The maximum atomic E-state index is 11.5. The first-order valence-electron chi connectivity index (χ1n) is 5.70. The van der Waals surface area contributed by atoms with Crippen molar-refractivity contribution < 1.29 is 4.79 Å². The summed E-state index contributed by atoms with van der Waals surface area (Å²) in [5.41, 5.74) is 0. The normalized spacial score (nSPS) is 15.0. The van der Waals surface area contributed by atoms with E-state index in [1.54, 1.807) is 6.07 Å². The molecule has 0 radical (unpaired) electrons. The number of halogens is 2. The molecule has 1 aromatic heterocycles. The van der Waals surface area contributed by atoms with E-state index in [2.05, 4.69) is 20.9 Å². The predicted octanol–water partition coefficient (Wildman–Crippen LogP) is 1.14. The molecule has 1 fully saturated rings. The van der Waals surface area contributed by atoms with Crippen LogP contribution < -0.4 is 16.0 Å². The highest BCUT2D eigenvalue weighted by atomic mass is 35.5. The molecule has 0 aromatic carbocycles. The molecule has 98 valence electrons. The van der Waals surface area contributed by atoms with Gasteiger partial charge in [0.05, 0.1) is 16.0 Å². The molecule has 3 N–H and O–H groups in total. The summed E-state index contributed by atoms with van der Waals surface area (Å²) in [7, 11) is 0. The second kappa shape index (κ2) is 6.22. The van der Waals surface area contributed by atoms with Gasteiger partial charge in [-0.3, -0.25) is 4.79 Å². The fourth-order valence-corrected chi connectivity index (χ4v) is 1.98. The number of carbonyl (C=O) groups excluding carboxylic acids is 1. The molecule has 1 saturated heterocycles. The molecule has 7 heteroatoms. The van der Waals surface area contributed by atoms with Gasteiger partial charge in [0.2, 0.25) is 5.91 Å². The average Bonchev–Trinajstić information content (AvgIpc) is 2.24. The number of rotatable bonds is 5. The number of anilines is 1. The Balaban J connectivity index is 1.70. The number of hydrogen-bond donors (Lipinski definition) is 3. The first-order valence-corrected chi connectivity index (χ1v) is 6.46. The molecule has 2 heterocycles. The zero-order chi connectivity index (χ0) is 13.0. The van der Waals surface area contributed by atoms with Crippen LogP contribution in [0.4, 0.5) is 5.82 Å². The Hall–Kier alpha value is -1.04. The molecule has 18 heavy (non-hydrogen) atoms. The molecule has 2 rings (SSSR count). The van der Waals surface area contributed by atoms with Gasteiger partial charge < -0.3 is 16.0 Å². The van der Waals surface area contributed by atoms with Gasteiger partial charge in [0.15, 0.2) is 0 Å². The Labute approximate surface area is 115 Å². The molecule has 0 atom stereocenters. The minimum atomic E-state index is 0.0886. The Morgan fingerprint density at radius 3 is 2.83 bits per heavy atom. The van der Waals surface area contributed by atoms with E-state index in [1.807, 2.05) is 0 Å². The molecular weight excluding hydrogens is 275 g/mol. The van der Waals surface area contributed by atoms with Gasteiger partial charge in [0.1, 0.15) is 5.82 Å². The minimum Gasteiger partial charge on any atom is -0.367 e. The number of nitrogens with one attached hydrogen (secondary N) is 3. The van der Waals surface area contributed by atoms with Gasteiger partial charge in [-0.15, -0.1) is 0 Å². The number of nitrogens with zero attached hydrogens (tertiary/aromatic N) is 1. The Morgan fingerprint density at radius 2 is 2.22 bits per heavy atom. The van der Waals surface area contributed by atoms with Crippen LogP contribution in [-0.4, -0.2) is 37.1 Å². The number of pyridine rings is 1. The number of amides is 1. The summed E-state index contributed by atoms with van der Waals surface area (Å²) in [6.45, 7) is 2.64. The van der Waals surface area contributed by atoms with Gasteiger partial charge in [-0.25, -0.2) is 4.98 Å². The van der Waals surface area contributed by atoms with Crippen molar-refractivity contribution in [3.8, 4) is 0 Å². The van der Waals surface area contributed by atoms with Crippen molar-refractivity contribution in [2.75, 3.05) is 31.5 Å². The van der Waals surface area contributed by atoms with E-state index in [0.29, 0.717) is 29.0 Å². The lowest BCUT2D eigenvalue weighted by atomic mass is 10.0. The standard InChI is InChI=1S/C11H14Cl2N4O/c12-8-3-9(13)10(17-6-8)15-1-2-16-11(18)7-4-14-5-7/h3,6-7,14H,1-2,4-5H2,(H,15,17)(H,16,18). The van der Waals surface area contributed by atoms with E-state index < -0.39 is 0 Å². The summed E-state index contributed by atoms with van der Waals surface area (Å²) in [5.74, 6) is 0.772. The van der Waals surface area contributed by atoms with E-state index in [-0.39, 0.29) is 11.8 Å². The fraction of sp³-hybridized carbons (Fsp3) is 0.455. The number of aromatic nitrogens is 1. The monoisotopic (exact) mass is 288 g/mol. The van der Waals surface area contributed by atoms with Crippen molar-refractivity contribution in [3.63, 3.8) is 0 Å². The van der Waals surface area contributed by atoms with Crippen molar-refractivity contribution >= 4 is 34.9 Å². The molecule has 1 amide bonds. The van der Waals surface area contributed by atoms with Crippen molar-refractivity contribution in [2.45, 2.75) is 0 Å². The Morgan fingerprint density at radius 1 is 1.44 bits per heavy atom. The smallest absolute Gasteiger partial charge is 0.225 e. The first-order chi connectivity index (χ1) is 8.66.